The molecule has 1 aromatic carbocycles. The summed E-state index contributed by atoms with van der Waals surface area (Å²) >= 11 is 2.04. The first-order valence-electron chi connectivity index (χ1n) is 8.64. The van der Waals surface area contributed by atoms with Crippen molar-refractivity contribution in [2.45, 2.75) is 26.3 Å². The summed E-state index contributed by atoms with van der Waals surface area (Å²) in [6, 6.07) is 6.28. The smallest absolute Gasteiger partial charge is 0.228 e. The lowest BCUT2D eigenvalue weighted by Gasteiger charge is -2.27. The van der Waals surface area contributed by atoms with E-state index in [2.05, 4.69) is 34.6 Å². The predicted octanol–water partition coefficient (Wildman–Crippen LogP) is 2.48. The van der Waals surface area contributed by atoms with E-state index in [1.54, 1.807) is 0 Å². The molecule has 2 aliphatic heterocycles. The first-order chi connectivity index (χ1) is 11.2. The topological polar surface area (TPSA) is 44.4 Å². The summed E-state index contributed by atoms with van der Waals surface area (Å²) in [5.41, 5.74) is 3.52. The lowest BCUT2D eigenvalue weighted by atomic mass is 9.98. The van der Waals surface area contributed by atoms with E-state index >= 15 is 0 Å². The van der Waals surface area contributed by atoms with Crippen LogP contribution in [0.15, 0.2) is 18.2 Å². The molecule has 2 fully saturated rings. The molecular weight excluding hydrogens is 306 g/mol. The van der Waals surface area contributed by atoms with Crippen molar-refractivity contribution in [3.63, 3.8) is 0 Å². The Morgan fingerprint density at radius 2 is 2.22 bits per heavy atom. The van der Waals surface area contributed by atoms with Crippen LogP contribution in [-0.4, -0.2) is 48.5 Å². The average molecular weight is 334 g/mol. The molecule has 2 N–H and O–H groups in total. The summed E-state index contributed by atoms with van der Waals surface area (Å²) < 4.78 is 0. The number of carbonyl (C=O) groups excluding carboxylic acids is 1. The molecule has 3 rings (SSSR count). The van der Waals surface area contributed by atoms with Crippen LogP contribution in [0.4, 0.5) is 5.69 Å². The Morgan fingerprint density at radius 3 is 2.96 bits per heavy atom. The molecule has 1 atom stereocenters. The third kappa shape index (κ3) is 4.49. The first-order valence-corrected chi connectivity index (χ1v) is 9.79. The van der Waals surface area contributed by atoms with E-state index < -0.39 is 0 Å². The van der Waals surface area contributed by atoms with Crippen molar-refractivity contribution < 1.29 is 4.79 Å². The zero-order valence-corrected chi connectivity index (χ0v) is 14.8. The zero-order valence-electron chi connectivity index (χ0n) is 13.9. The Balaban J connectivity index is 1.65. The number of piperidine rings is 1. The maximum absolute atomic E-state index is 12.5. The number of carbonyl (C=O) groups is 1. The second-order valence-electron chi connectivity index (χ2n) is 6.51. The van der Waals surface area contributed by atoms with Gasteiger partial charge in [0.15, 0.2) is 0 Å². The fourth-order valence-corrected chi connectivity index (χ4v) is 4.28. The summed E-state index contributed by atoms with van der Waals surface area (Å²) in [6.45, 7) is 7.27. The minimum absolute atomic E-state index is 0.103. The molecule has 0 aliphatic carbocycles. The molecule has 1 amide bonds. The van der Waals surface area contributed by atoms with E-state index in [0.717, 1.165) is 51.3 Å². The molecule has 4 nitrogen and oxygen atoms in total. The van der Waals surface area contributed by atoms with Crippen LogP contribution in [0.2, 0.25) is 0 Å². The van der Waals surface area contributed by atoms with Crippen molar-refractivity contribution >= 4 is 23.4 Å². The number of nitrogens with zero attached hydrogens (tertiary/aromatic N) is 1. The first kappa shape index (κ1) is 16.8. The van der Waals surface area contributed by atoms with Crippen molar-refractivity contribution in [1.82, 2.24) is 10.2 Å². The molecule has 1 unspecified atom stereocenters. The summed E-state index contributed by atoms with van der Waals surface area (Å²) in [6.07, 6.45) is 2.08. The maximum atomic E-state index is 12.5. The highest BCUT2D eigenvalue weighted by Gasteiger charge is 2.21. The molecule has 23 heavy (non-hydrogen) atoms. The number of nitrogens with one attached hydrogen (secondary N) is 2. The molecule has 0 radical (unpaired) electrons. The van der Waals surface area contributed by atoms with Gasteiger partial charge in [-0.3, -0.25) is 9.69 Å². The van der Waals surface area contributed by atoms with Crippen LogP contribution in [-0.2, 0) is 11.3 Å². The second kappa shape index (κ2) is 8.18. The number of anilines is 1. The predicted molar refractivity (Wildman–Crippen MR) is 98.0 cm³/mol. The van der Waals surface area contributed by atoms with E-state index in [1.165, 1.54) is 22.6 Å². The molecule has 126 valence electrons. The standard InChI is InChI=1S/C18H27N3OS/c1-14-16(13-21-8-10-23-11-9-21)4-2-6-17(14)20-18(22)15-5-3-7-19-12-15/h2,4,6,15,19H,3,5,7-13H2,1H3,(H,20,22). The van der Waals surface area contributed by atoms with Crippen LogP contribution < -0.4 is 10.6 Å². The summed E-state index contributed by atoms with van der Waals surface area (Å²) in [4.78, 5) is 15.0. The highest BCUT2D eigenvalue weighted by Crippen LogP contribution is 2.23. The van der Waals surface area contributed by atoms with Gasteiger partial charge in [-0.25, -0.2) is 0 Å². The van der Waals surface area contributed by atoms with Crippen LogP contribution in [0.3, 0.4) is 0 Å². The lowest BCUT2D eigenvalue weighted by molar-refractivity contribution is -0.120. The van der Waals surface area contributed by atoms with Gasteiger partial charge in [0.25, 0.3) is 0 Å². The summed E-state index contributed by atoms with van der Waals surface area (Å²) in [5.74, 6) is 2.71. The van der Waals surface area contributed by atoms with Gasteiger partial charge in [-0.15, -0.1) is 0 Å². The summed E-state index contributed by atoms with van der Waals surface area (Å²) in [5, 5.41) is 6.47. The van der Waals surface area contributed by atoms with Crippen molar-refractivity contribution in [3.8, 4) is 0 Å². The summed E-state index contributed by atoms with van der Waals surface area (Å²) in [7, 11) is 0. The molecule has 5 heteroatoms. The number of amides is 1. The van der Waals surface area contributed by atoms with Gasteiger partial charge in [0.2, 0.25) is 5.91 Å². The number of rotatable bonds is 4. The van der Waals surface area contributed by atoms with Gasteiger partial charge in [-0.05, 0) is 43.5 Å². The minimum atomic E-state index is 0.103. The lowest BCUT2D eigenvalue weighted by Crippen LogP contribution is -2.37. The van der Waals surface area contributed by atoms with Crippen molar-refractivity contribution in [2.24, 2.45) is 5.92 Å². The van der Waals surface area contributed by atoms with Crippen molar-refractivity contribution in [1.29, 1.82) is 0 Å². The largest absolute Gasteiger partial charge is 0.326 e. The fraction of sp³-hybridized carbons (Fsp3) is 0.611. The van der Waals surface area contributed by atoms with Crippen LogP contribution in [0.5, 0.6) is 0 Å². The van der Waals surface area contributed by atoms with Crippen LogP contribution in [0.25, 0.3) is 0 Å². The van der Waals surface area contributed by atoms with Gasteiger partial charge < -0.3 is 10.6 Å². The third-order valence-corrected chi connectivity index (χ3v) is 5.81. The molecule has 2 aliphatic rings. The monoisotopic (exact) mass is 333 g/mol. The third-order valence-electron chi connectivity index (χ3n) is 4.87. The van der Waals surface area contributed by atoms with Crippen LogP contribution >= 0.6 is 11.8 Å². The van der Waals surface area contributed by atoms with Crippen LogP contribution in [0, 0.1) is 12.8 Å². The van der Waals surface area contributed by atoms with Crippen molar-refractivity contribution in [3.05, 3.63) is 29.3 Å². The Kier molecular flexibility index (Phi) is 5.97. The second-order valence-corrected chi connectivity index (χ2v) is 7.74. The van der Waals surface area contributed by atoms with Gasteiger partial charge in [0, 0.05) is 43.4 Å². The zero-order chi connectivity index (χ0) is 16.1. The molecule has 2 saturated heterocycles. The van der Waals surface area contributed by atoms with E-state index in [-0.39, 0.29) is 11.8 Å². The van der Waals surface area contributed by atoms with Gasteiger partial charge in [0.05, 0.1) is 5.92 Å². The van der Waals surface area contributed by atoms with E-state index in [0.29, 0.717) is 0 Å². The molecular formula is C18H27N3OS. The van der Waals surface area contributed by atoms with Gasteiger partial charge in [0.1, 0.15) is 0 Å². The van der Waals surface area contributed by atoms with Gasteiger partial charge in [-0.1, -0.05) is 12.1 Å². The quantitative estimate of drug-likeness (QED) is 0.888. The number of benzene rings is 1. The Hall–Kier alpha value is -1.04. The molecule has 2 heterocycles. The molecule has 0 saturated carbocycles. The molecule has 0 bridgehead atoms. The maximum Gasteiger partial charge on any atom is 0.228 e. The highest BCUT2D eigenvalue weighted by atomic mass is 32.2. The number of hydrogen-bond acceptors (Lipinski definition) is 4. The molecule has 0 aromatic heterocycles. The Morgan fingerprint density at radius 1 is 1.39 bits per heavy atom. The normalized spacial score (nSPS) is 22.7. The average Bonchev–Trinajstić information content (AvgIpc) is 2.60. The van der Waals surface area contributed by atoms with Gasteiger partial charge in [-0.2, -0.15) is 11.8 Å². The number of thioether (sulfide) groups is 1. The van der Waals surface area contributed by atoms with Crippen molar-refractivity contribution in [2.75, 3.05) is 43.0 Å². The van der Waals surface area contributed by atoms with Gasteiger partial charge >= 0.3 is 0 Å². The number of hydrogen-bond donors (Lipinski definition) is 2. The Bertz CT molecular complexity index is 537. The molecule has 0 spiro atoms. The van der Waals surface area contributed by atoms with E-state index in [4.69, 9.17) is 0 Å². The highest BCUT2D eigenvalue weighted by molar-refractivity contribution is 7.99. The van der Waals surface area contributed by atoms with Crippen LogP contribution in [0.1, 0.15) is 24.0 Å². The molecule has 1 aromatic rings. The Labute approximate surface area is 143 Å². The van der Waals surface area contributed by atoms with E-state index in [1.807, 2.05) is 17.8 Å². The minimum Gasteiger partial charge on any atom is -0.326 e. The SMILES string of the molecule is Cc1c(CN2CCSCC2)cccc1NC(=O)C1CCCNC1. The van der Waals surface area contributed by atoms with E-state index in [9.17, 15) is 4.79 Å². The fourth-order valence-electron chi connectivity index (χ4n) is 3.30.